The third kappa shape index (κ3) is 4.24. The maximum Gasteiger partial charge on any atom is 0.264 e. The van der Waals surface area contributed by atoms with E-state index in [9.17, 15) is 9.59 Å². The molecule has 3 rings (SSSR count). The molecule has 0 aliphatic carbocycles. The van der Waals surface area contributed by atoms with Crippen molar-refractivity contribution in [3.8, 4) is 0 Å². The molecule has 0 spiro atoms. The maximum absolute atomic E-state index is 12.9. The average molecular weight is 419 g/mol. The van der Waals surface area contributed by atoms with Crippen LogP contribution in [0.1, 0.15) is 43.4 Å². The van der Waals surface area contributed by atoms with Gasteiger partial charge in [0.25, 0.3) is 11.8 Å². The van der Waals surface area contributed by atoms with Crippen LogP contribution in [0.3, 0.4) is 0 Å². The molecule has 1 unspecified atom stereocenters. The fraction of sp³-hybridized carbons (Fsp3) is 0.200. The third-order valence-corrected chi connectivity index (χ3v) is 6.84. The van der Waals surface area contributed by atoms with Crippen molar-refractivity contribution in [2.45, 2.75) is 19.9 Å². The fourth-order valence-electron chi connectivity index (χ4n) is 2.64. The summed E-state index contributed by atoms with van der Waals surface area (Å²) in [4.78, 5) is 28.9. The molecule has 1 N–H and O–H groups in total. The molecule has 2 aromatic heterocycles. The first-order valence-electron chi connectivity index (χ1n) is 8.35. The van der Waals surface area contributed by atoms with E-state index in [0.717, 1.165) is 10.4 Å². The van der Waals surface area contributed by atoms with Crippen molar-refractivity contribution in [1.82, 2.24) is 4.90 Å². The zero-order valence-corrected chi connectivity index (χ0v) is 17.5. The second-order valence-electron chi connectivity index (χ2n) is 6.16. The summed E-state index contributed by atoms with van der Waals surface area (Å²) in [5.41, 5.74) is 1.24. The minimum absolute atomic E-state index is 0.0137. The number of halogens is 1. The zero-order chi connectivity index (χ0) is 19.6. The van der Waals surface area contributed by atoms with Gasteiger partial charge in [-0.05, 0) is 49.1 Å². The summed E-state index contributed by atoms with van der Waals surface area (Å²) in [6, 6.07) is 12.7. The number of thiophene rings is 2. The Morgan fingerprint density at radius 1 is 1.19 bits per heavy atom. The number of anilines is 1. The van der Waals surface area contributed by atoms with Gasteiger partial charge in [0.05, 0.1) is 26.5 Å². The second kappa shape index (κ2) is 8.25. The summed E-state index contributed by atoms with van der Waals surface area (Å²) < 4.78 is 0. The number of hydrogen-bond acceptors (Lipinski definition) is 4. The van der Waals surface area contributed by atoms with Crippen molar-refractivity contribution in [3.63, 3.8) is 0 Å². The lowest BCUT2D eigenvalue weighted by atomic mass is 10.2. The Bertz CT molecular complexity index is 966. The summed E-state index contributed by atoms with van der Waals surface area (Å²) in [7, 11) is 1.80. The second-order valence-corrected chi connectivity index (χ2v) is 8.60. The summed E-state index contributed by atoms with van der Waals surface area (Å²) in [5.74, 6) is -0.349. The first-order valence-corrected chi connectivity index (χ1v) is 10.4. The van der Waals surface area contributed by atoms with E-state index < -0.39 is 0 Å². The van der Waals surface area contributed by atoms with Crippen LogP contribution < -0.4 is 5.32 Å². The zero-order valence-electron chi connectivity index (χ0n) is 15.2. The number of amides is 2. The monoisotopic (exact) mass is 418 g/mol. The number of carbonyl (C=O) groups is 2. The van der Waals surface area contributed by atoms with Crippen molar-refractivity contribution in [1.29, 1.82) is 0 Å². The summed E-state index contributed by atoms with van der Waals surface area (Å²) >= 11 is 8.99. The quantitative estimate of drug-likeness (QED) is 0.564. The van der Waals surface area contributed by atoms with Gasteiger partial charge in [-0.2, -0.15) is 0 Å². The number of benzene rings is 1. The Labute approximate surface area is 171 Å². The summed E-state index contributed by atoms with van der Waals surface area (Å²) in [6.45, 7) is 3.88. The molecule has 140 valence electrons. The van der Waals surface area contributed by atoms with Crippen LogP contribution >= 0.6 is 34.3 Å². The van der Waals surface area contributed by atoms with Gasteiger partial charge in [0, 0.05) is 11.9 Å². The van der Waals surface area contributed by atoms with Gasteiger partial charge in [0.15, 0.2) is 0 Å². The van der Waals surface area contributed by atoms with Crippen LogP contribution in [0, 0.1) is 6.92 Å². The lowest BCUT2D eigenvalue weighted by Crippen LogP contribution is -2.29. The van der Waals surface area contributed by atoms with Crippen LogP contribution in [0.15, 0.2) is 47.8 Å². The predicted molar refractivity (Wildman–Crippen MR) is 113 cm³/mol. The Hall–Kier alpha value is -2.15. The van der Waals surface area contributed by atoms with Gasteiger partial charge in [0.1, 0.15) is 0 Å². The minimum atomic E-state index is -0.291. The molecule has 1 atom stereocenters. The van der Waals surface area contributed by atoms with Crippen molar-refractivity contribution < 1.29 is 9.59 Å². The van der Waals surface area contributed by atoms with Crippen LogP contribution in [0.5, 0.6) is 0 Å². The molecule has 27 heavy (non-hydrogen) atoms. The Balaban J connectivity index is 1.77. The molecule has 2 amide bonds. The van der Waals surface area contributed by atoms with Crippen LogP contribution in [0.25, 0.3) is 0 Å². The molecule has 3 aromatic rings. The van der Waals surface area contributed by atoms with Gasteiger partial charge in [-0.25, -0.2) is 0 Å². The molecule has 0 aliphatic heterocycles. The van der Waals surface area contributed by atoms with Crippen molar-refractivity contribution in [2.75, 3.05) is 12.4 Å². The topological polar surface area (TPSA) is 49.4 Å². The van der Waals surface area contributed by atoms with Gasteiger partial charge in [0.2, 0.25) is 0 Å². The lowest BCUT2D eigenvalue weighted by molar-refractivity contribution is 0.0749. The number of hydrogen-bond donors (Lipinski definition) is 1. The van der Waals surface area contributed by atoms with Gasteiger partial charge < -0.3 is 10.2 Å². The van der Waals surface area contributed by atoms with Crippen LogP contribution in [0.2, 0.25) is 5.02 Å². The van der Waals surface area contributed by atoms with E-state index in [1.54, 1.807) is 47.5 Å². The number of nitrogens with zero attached hydrogens (tertiary/aromatic N) is 1. The molecule has 0 bridgehead atoms. The average Bonchev–Trinajstić information content (AvgIpc) is 3.30. The number of aryl methyl sites for hydroxylation is 1. The lowest BCUT2D eigenvalue weighted by Gasteiger charge is -2.23. The maximum atomic E-state index is 12.9. The van der Waals surface area contributed by atoms with Crippen LogP contribution in [-0.4, -0.2) is 23.8 Å². The molecule has 0 radical (unpaired) electrons. The molecule has 0 saturated heterocycles. The van der Waals surface area contributed by atoms with Crippen LogP contribution in [-0.2, 0) is 0 Å². The number of carbonyl (C=O) groups excluding carboxylic acids is 2. The SMILES string of the molecule is Cc1cc(NC(=O)c2ccccc2Cl)sc1C(=O)N(C)C(C)c1cccs1. The summed E-state index contributed by atoms with van der Waals surface area (Å²) in [6.07, 6.45) is 0. The number of rotatable bonds is 5. The van der Waals surface area contributed by atoms with Gasteiger partial charge in [-0.3, -0.25) is 9.59 Å². The Morgan fingerprint density at radius 3 is 2.59 bits per heavy atom. The Kier molecular flexibility index (Phi) is 5.99. The minimum Gasteiger partial charge on any atom is -0.333 e. The van der Waals surface area contributed by atoms with Crippen molar-refractivity contribution >= 4 is 51.1 Å². The fourth-order valence-corrected chi connectivity index (χ4v) is 4.74. The van der Waals surface area contributed by atoms with E-state index in [1.807, 2.05) is 37.4 Å². The molecule has 4 nitrogen and oxygen atoms in total. The largest absolute Gasteiger partial charge is 0.333 e. The normalized spacial score (nSPS) is 11.9. The van der Waals surface area contributed by atoms with E-state index in [0.29, 0.717) is 20.5 Å². The van der Waals surface area contributed by atoms with Crippen LogP contribution in [0.4, 0.5) is 5.00 Å². The smallest absolute Gasteiger partial charge is 0.264 e. The number of nitrogens with one attached hydrogen (secondary N) is 1. The predicted octanol–water partition coefficient (Wildman–Crippen LogP) is 5.86. The van der Waals surface area contributed by atoms with Gasteiger partial charge in [-0.1, -0.05) is 29.8 Å². The summed E-state index contributed by atoms with van der Waals surface area (Å²) in [5, 5.41) is 5.86. The highest BCUT2D eigenvalue weighted by atomic mass is 35.5. The molecular formula is C20H19ClN2O2S2. The highest BCUT2D eigenvalue weighted by Gasteiger charge is 2.23. The van der Waals surface area contributed by atoms with E-state index in [2.05, 4.69) is 5.32 Å². The molecule has 1 aromatic carbocycles. The van der Waals surface area contributed by atoms with E-state index in [-0.39, 0.29) is 17.9 Å². The molecule has 0 saturated carbocycles. The first kappa shape index (κ1) is 19.6. The van der Waals surface area contributed by atoms with Crippen molar-refractivity contribution in [2.24, 2.45) is 0 Å². The highest BCUT2D eigenvalue weighted by Crippen LogP contribution is 2.31. The third-order valence-electron chi connectivity index (χ3n) is 4.32. The Morgan fingerprint density at radius 2 is 1.93 bits per heavy atom. The molecular weight excluding hydrogens is 400 g/mol. The van der Waals surface area contributed by atoms with E-state index in [4.69, 9.17) is 11.6 Å². The van der Waals surface area contributed by atoms with Gasteiger partial charge >= 0.3 is 0 Å². The van der Waals surface area contributed by atoms with Gasteiger partial charge in [-0.15, -0.1) is 22.7 Å². The van der Waals surface area contributed by atoms with E-state index >= 15 is 0 Å². The molecule has 0 aliphatic rings. The first-order chi connectivity index (χ1) is 12.9. The molecule has 0 fully saturated rings. The molecule has 7 heteroatoms. The standard InChI is InChI=1S/C20H19ClN2O2S2/c1-12-11-17(22-19(24)14-7-4-5-8-15(14)21)27-18(12)20(25)23(3)13(2)16-9-6-10-26-16/h4-11,13H,1-3H3,(H,22,24). The highest BCUT2D eigenvalue weighted by molar-refractivity contribution is 7.18. The van der Waals surface area contributed by atoms with E-state index in [1.165, 1.54) is 11.3 Å². The molecule has 2 heterocycles. The van der Waals surface area contributed by atoms with Crippen molar-refractivity contribution in [3.05, 3.63) is 73.7 Å².